The Balaban J connectivity index is 2.07. The van der Waals surface area contributed by atoms with Crippen LogP contribution >= 0.6 is 11.6 Å². The molecule has 0 aliphatic rings. The molecule has 5 nitrogen and oxygen atoms in total. The molecule has 1 heterocycles. The van der Waals surface area contributed by atoms with Crippen molar-refractivity contribution in [1.29, 1.82) is 0 Å². The molecule has 2 aromatic rings. The van der Waals surface area contributed by atoms with E-state index in [2.05, 4.69) is 10.3 Å². The van der Waals surface area contributed by atoms with Gasteiger partial charge in [-0.05, 0) is 24.3 Å². The van der Waals surface area contributed by atoms with Crippen LogP contribution in [0.4, 0.5) is 5.69 Å². The minimum absolute atomic E-state index is 0.176. The quantitative estimate of drug-likeness (QED) is 0.883. The maximum atomic E-state index is 11.9. The van der Waals surface area contributed by atoms with Crippen molar-refractivity contribution in [3.63, 3.8) is 0 Å². The Morgan fingerprint density at radius 1 is 1.20 bits per heavy atom. The molecule has 0 saturated heterocycles. The molecular weight excluding hydrogens is 280 g/mol. The molecule has 1 amide bonds. The molecule has 1 aromatic carbocycles. The Morgan fingerprint density at radius 2 is 1.90 bits per heavy atom. The molecule has 0 unspecified atom stereocenters. The number of ether oxygens (including phenoxy) is 1. The van der Waals surface area contributed by atoms with Crippen LogP contribution in [0.3, 0.4) is 0 Å². The van der Waals surface area contributed by atoms with E-state index in [0.717, 1.165) is 0 Å². The Bertz CT molecular complexity index is 641. The van der Waals surface area contributed by atoms with Gasteiger partial charge in [0.05, 0.1) is 16.8 Å². The van der Waals surface area contributed by atoms with Crippen molar-refractivity contribution >= 4 is 29.2 Å². The standard InChI is InChI=1S/C14H11ClN2O3/c1-9(18)17-12-4-2-10(3-5-12)14(19)20-13-6-11(15)7-16-8-13/h2-8H,1H3,(H,17,18). The normalized spacial score (nSPS) is 9.90. The Labute approximate surface area is 120 Å². The zero-order valence-electron chi connectivity index (χ0n) is 10.6. The molecule has 102 valence electrons. The fourth-order valence-corrected chi connectivity index (χ4v) is 1.67. The second kappa shape index (κ2) is 6.16. The topological polar surface area (TPSA) is 68.3 Å². The first-order valence-electron chi connectivity index (χ1n) is 5.75. The van der Waals surface area contributed by atoms with Gasteiger partial charge >= 0.3 is 5.97 Å². The molecule has 0 bridgehead atoms. The van der Waals surface area contributed by atoms with Gasteiger partial charge in [-0.25, -0.2) is 4.79 Å². The van der Waals surface area contributed by atoms with Crippen LogP contribution in [-0.2, 0) is 4.79 Å². The molecule has 0 spiro atoms. The largest absolute Gasteiger partial charge is 0.421 e. The number of carbonyl (C=O) groups is 2. The molecule has 0 radical (unpaired) electrons. The van der Waals surface area contributed by atoms with Gasteiger partial charge in [0.1, 0.15) is 0 Å². The van der Waals surface area contributed by atoms with Gasteiger partial charge in [-0.15, -0.1) is 0 Å². The highest BCUT2D eigenvalue weighted by Crippen LogP contribution is 2.17. The number of hydrogen-bond acceptors (Lipinski definition) is 4. The molecule has 0 saturated carbocycles. The highest BCUT2D eigenvalue weighted by Gasteiger charge is 2.09. The molecule has 20 heavy (non-hydrogen) atoms. The third-order valence-electron chi connectivity index (χ3n) is 2.33. The number of carbonyl (C=O) groups excluding carboxylic acids is 2. The maximum absolute atomic E-state index is 11.9. The fraction of sp³-hybridized carbons (Fsp3) is 0.0714. The van der Waals surface area contributed by atoms with Crippen LogP contribution < -0.4 is 10.1 Å². The van der Waals surface area contributed by atoms with Gasteiger partial charge in [-0.2, -0.15) is 0 Å². The summed E-state index contributed by atoms with van der Waals surface area (Å²) in [5, 5.41) is 3.00. The van der Waals surface area contributed by atoms with Crippen molar-refractivity contribution in [2.24, 2.45) is 0 Å². The lowest BCUT2D eigenvalue weighted by Crippen LogP contribution is -2.09. The van der Waals surface area contributed by atoms with E-state index in [1.165, 1.54) is 25.4 Å². The third-order valence-corrected chi connectivity index (χ3v) is 2.54. The van der Waals surface area contributed by atoms with Crippen LogP contribution in [-0.4, -0.2) is 16.9 Å². The summed E-state index contributed by atoms with van der Waals surface area (Å²) in [6.07, 6.45) is 2.84. The maximum Gasteiger partial charge on any atom is 0.343 e. The van der Waals surface area contributed by atoms with E-state index in [9.17, 15) is 9.59 Å². The minimum Gasteiger partial charge on any atom is -0.421 e. The van der Waals surface area contributed by atoms with Crippen molar-refractivity contribution in [2.45, 2.75) is 6.92 Å². The van der Waals surface area contributed by atoms with E-state index in [0.29, 0.717) is 16.3 Å². The zero-order chi connectivity index (χ0) is 14.5. The molecule has 0 aliphatic heterocycles. The predicted octanol–water partition coefficient (Wildman–Crippen LogP) is 2.91. The molecule has 6 heteroatoms. The predicted molar refractivity (Wildman–Crippen MR) is 75.0 cm³/mol. The van der Waals surface area contributed by atoms with E-state index in [1.807, 2.05) is 0 Å². The van der Waals surface area contributed by atoms with E-state index in [4.69, 9.17) is 16.3 Å². The van der Waals surface area contributed by atoms with Crippen LogP contribution in [0.5, 0.6) is 5.75 Å². The summed E-state index contributed by atoms with van der Waals surface area (Å²) in [5.74, 6) is -0.429. The van der Waals surface area contributed by atoms with Gasteiger partial charge in [0.2, 0.25) is 5.91 Å². The second-order valence-corrected chi connectivity index (χ2v) is 4.42. The molecular formula is C14H11ClN2O3. The van der Waals surface area contributed by atoms with E-state index < -0.39 is 5.97 Å². The van der Waals surface area contributed by atoms with E-state index in [-0.39, 0.29) is 11.7 Å². The molecule has 0 aliphatic carbocycles. The summed E-state index contributed by atoms with van der Waals surface area (Å²) in [4.78, 5) is 26.6. The number of aromatic nitrogens is 1. The van der Waals surface area contributed by atoms with Crippen molar-refractivity contribution < 1.29 is 14.3 Å². The molecule has 1 aromatic heterocycles. The number of hydrogen-bond donors (Lipinski definition) is 1. The average molecular weight is 291 g/mol. The number of amides is 1. The van der Waals surface area contributed by atoms with Gasteiger partial charge in [0.25, 0.3) is 0 Å². The highest BCUT2D eigenvalue weighted by molar-refractivity contribution is 6.30. The number of esters is 1. The minimum atomic E-state index is -0.525. The molecule has 1 N–H and O–H groups in total. The first-order chi connectivity index (χ1) is 9.54. The molecule has 0 atom stereocenters. The van der Waals surface area contributed by atoms with E-state index in [1.54, 1.807) is 24.3 Å². The van der Waals surface area contributed by atoms with Crippen LogP contribution in [0.15, 0.2) is 42.7 Å². The Morgan fingerprint density at radius 3 is 2.50 bits per heavy atom. The Kier molecular flexibility index (Phi) is 4.32. The molecule has 2 rings (SSSR count). The van der Waals surface area contributed by atoms with Gasteiger partial charge < -0.3 is 10.1 Å². The molecule has 0 fully saturated rings. The summed E-state index contributed by atoms with van der Waals surface area (Å²) < 4.78 is 5.13. The smallest absolute Gasteiger partial charge is 0.343 e. The van der Waals surface area contributed by atoms with Crippen LogP contribution in [0.1, 0.15) is 17.3 Å². The SMILES string of the molecule is CC(=O)Nc1ccc(C(=O)Oc2cncc(Cl)c2)cc1. The summed E-state index contributed by atoms with van der Waals surface area (Å²) in [6, 6.07) is 7.86. The van der Waals surface area contributed by atoms with E-state index >= 15 is 0 Å². The average Bonchev–Trinajstić information content (AvgIpc) is 2.38. The second-order valence-electron chi connectivity index (χ2n) is 3.99. The number of nitrogens with one attached hydrogen (secondary N) is 1. The zero-order valence-corrected chi connectivity index (χ0v) is 11.3. The number of halogens is 1. The number of rotatable bonds is 3. The summed E-state index contributed by atoms with van der Waals surface area (Å²) in [5.41, 5.74) is 0.970. The first-order valence-corrected chi connectivity index (χ1v) is 6.13. The summed E-state index contributed by atoms with van der Waals surface area (Å²) >= 11 is 5.75. The first kappa shape index (κ1) is 14.0. The fourth-order valence-electron chi connectivity index (χ4n) is 1.51. The Hall–Kier alpha value is -2.40. The summed E-state index contributed by atoms with van der Waals surface area (Å²) in [7, 11) is 0. The number of nitrogens with zero attached hydrogens (tertiary/aromatic N) is 1. The van der Waals surface area contributed by atoms with Crippen molar-refractivity contribution in [3.05, 3.63) is 53.3 Å². The lowest BCUT2D eigenvalue weighted by atomic mass is 10.2. The van der Waals surface area contributed by atoms with Crippen molar-refractivity contribution in [1.82, 2.24) is 4.98 Å². The third kappa shape index (κ3) is 3.80. The monoisotopic (exact) mass is 290 g/mol. The lowest BCUT2D eigenvalue weighted by molar-refractivity contribution is -0.114. The summed E-state index contributed by atoms with van der Waals surface area (Å²) in [6.45, 7) is 1.41. The number of anilines is 1. The van der Waals surface area contributed by atoms with Gasteiger partial charge in [0.15, 0.2) is 5.75 Å². The van der Waals surface area contributed by atoms with Crippen molar-refractivity contribution in [3.8, 4) is 5.75 Å². The number of benzene rings is 1. The lowest BCUT2D eigenvalue weighted by Gasteiger charge is -2.05. The highest BCUT2D eigenvalue weighted by atomic mass is 35.5. The van der Waals surface area contributed by atoms with Crippen LogP contribution in [0, 0.1) is 0 Å². The van der Waals surface area contributed by atoms with Crippen molar-refractivity contribution in [2.75, 3.05) is 5.32 Å². The van der Waals surface area contributed by atoms with Crippen LogP contribution in [0.25, 0.3) is 0 Å². The van der Waals surface area contributed by atoms with Crippen LogP contribution in [0.2, 0.25) is 5.02 Å². The number of pyridine rings is 1. The van der Waals surface area contributed by atoms with Gasteiger partial charge in [-0.1, -0.05) is 11.6 Å². The van der Waals surface area contributed by atoms with Gasteiger partial charge in [-0.3, -0.25) is 9.78 Å². The van der Waals surface area contributed by atoms with Gasteiger partial charge in [0, 0.05) is 24.9 Å².